The molecule has 8 nitrogen and oxygen atoms in total. The summed E-state index contributed by atoms with van der Waals surface area (Å²) >= 11 is 0. The molecule has 8 heteroatoms. The number of aromatic nitrogens is 5. The second-order valence-corrected chi connectivity index (χ2v) is 7.88. The van der Waals surface area contributed by atoms with Gasteiger partial charge in [-0.1, -0.05) is 12.1 Å². The van der Waals surface area contributed by atoms with E-state index in [0.717, 1.165) is 65.3 Å². The Balaban J connectivity index is 1.28. The number of ether oxygens (including phenoxy) is 2. The molecule has 1 fully saturated rings. The summed E-state index contributed by atoms with van der Waals surface area (Å²) in [5.41, 5.74) is 4.50. The predicted octanol–water partition coefficient (Wildman–Crippen LogP) is 4.57. The summed E-state index contributed by atoms with van der Waals surface area (Å²) in [5, 5.41) is 11.6. The van der Waals surface area contributed by atoms with E-state index in [2.05, 4.69) is 32.6 Å². The molecule has 0 radical (unpaired) electrons. The van der Waals surface area contributed by atoms with Crippen molar-refractivity contribution in [2.24, 2.45) is 0 Å². The number of H-pyrrole nitrogens is 1. The van der Waals surface area contributed by atoms with Gasteiger partial charge in [-0.2, -0.15) is 5.10 Å². The van der Waals surface area contributed by atoms with E-state index in [-0.39, 0.29) is 6.10 Å². The number of imidazole rings is 1. The topological polar surface area (TPSA) is 89.4 Å². The molecule has 0 aliphatic carbocycles. The molecule has 6 rings (SSSR count). The number of nitrogens with zero attached hydrogens (tertiary/aromatic N) is 4. The van der Waals surface area contributed by atoms with Crippen LogP contribution in [0.3, 0.4) is 0 Å². The van der Waals surface area contributed by atoms with Crippen molar-refractivity contribution in [2.45, 2.75) is 18.9 Å². The van der Waals surface area contributed by atoms with Crippen LogP contribution in [0.2, 0.25) is 0 Å². The number of rotatable bonds is 5. The van der Waals surface area contributed by atoms with Gasteiger partial charge >= 0.3 is 0 Å². The minimum atomic E-state index is 0.220. The lowest BCUT2D eigenvalue weighted by molar-refractivity contribution is 0.0256. The Hall–Kier alpha value is -3.91. The van der Waals surface area contributed by atoms with Gasteiger partial charge in [0, 0.05) is 48.1 Å². The fourth-order valence-electron chi connectivity index (χ4n) is 3.99. The first-order valence-electron chi connectivity index (χ1n) is 10.7. The fourth-order valence-corrected chi connectivity index (χ4v) is 3.99. The van der Waals surface area contributed by atoms with Crippen molar-refractivity contribution >= 4 is 28.1 Å². The number of benzene rings is 2. The molecule has 0 saturated carbocycles. The molecule has 5 aromatic rings. The van der Waals surface area contributed by atoms with Crippen molar-refractivity contribution in [3.63, 3.8) is 0 Å². The first-order valence-corrected chi connectivity index (χ1v) is 10.7. The summed E-state index contributed by atoms with van der Waals surface area (Å²) < 4.78 is 13.5. The molecule has 0 unspecified atom stereocenters. The van der Waals surface area contributed by atoms with E-state index in [1.807, 2.05) is 53.3 Å². The zero-order chi connectivity index (χ0) is 21.3. The van der Waals surface area contributed by atoms with Crippen LogP contribution < -0.4 is 10.1 Å². The number of hydrogen-bond donors (Lipinski definition) is 2. The van der Waals surface area contributed by atoms with Crippen LogP contribution in [0.25, 0.3) is 27.8 Å². The highest BCUT2D eigenvalue weighted by Gasteiger charge is 2.15. The average molecular weight is 426 g/mol. The number of aromatic amines is 1. The summed E-state index contributed by atoms with van der Waals surface area (Å²) in [6, 6.07) is 14.1. The molecular formula is C24H22N6O2. The van der Waals surface area contributed by atoms with Crippen molar-refractivity contribution < 1.29 is 9.47 Å². The second kappa shape index (κ2) is 7.97. The predicted molar refractivity (Wildman–Crippen MR) is 122 cm³/mol. The number of hydrogen-bond acceptors (Lipinski definition) is 6. The molecule has 0 amide bonds. The molecule has 3 aromatic heterocycles. The summed E-state index contributed by atoms with van der Waals surface area (Å²) in [7, 11) is 0. The van der Waals surface area contributed by atoms with Crippen LogP contribution in [0, 0.1) is 0 Å². The van der Waals surface area contributed by atoms with Crippen molar-refractivity contribution in [2.75, 3.05) is 18.5 Å². The lowest BCUT2D eigenvalue weighted by Crippen LogP contribution is -2.25. The minimum Gasteiger partial charge on any atom is -0.490 e. The Morgan fingerprint density at radius 2 is 1.97 bits per heavy atom. The van der Waals surface area contributed by atoms with Crippen molar-refractivity contribution in [3.05, 3.63) is 67.3 Å². The molecule has 32 heavy (non-hydrogen) atoms. The largest absolute Gasteiger partial charge is 0.490 e. The Labute approximate surface area is 184 Å². The monoisotopic (exact) mass is 426 g/mol. The molecule has 4 heterocycles. The van der Waals surface area contributed by atoms with Crippen molar-refractivity contribution in [1.82, 2.24) is 24.6 Å². The molecule has 2 N–H and O–H groups in total. The van der Waals surface area contributed by atoms with E-state index in [1.54, 1.807) is 6.20 Å². The van der Waals surface area contributed by atoms with E-state index in [0.29, 0.717) is 5.82 Å². The quantitative estimate of drug-likeness (QED) is 0.428. The average Bonchev–Trinajstić information content (AvgIpc) is 3.50. The van der Waals surface area contributed by atoms with E-state index in [9.17, 15) is 0 Å². The van der Waals surface area contributed by atoms with Crippen LogP contribution in [-0.4, -0.2) is 43.9 Å². The molecule has 0 atom stereocenters. The van der Waals surface area contributed by atoms with Gasteiger partial charge in [0.15, 0.2) is 11.5 Å². The maximum atomic E-state index is 6.08. The number of anilines is 2. The summed E-state index contributed by atoms with van der Waals surface area (Å²) in [4.78, 5) is 9.34. The van der Waals surface area contributed by atoms with Gasteiger partial charge in [-0.25, -0.2) is 9.97 Å². The third kappa shape index (κ3) is 3.65. The summed E-state index contributed by atoms with van der Waals surface area (Å²) in [6.07, 6.45) is 9.57. The van der Waals surface area contributed by atoms with Crippen LogP contribution in [0.1, 0.15) is 12.8 Å². The van der Waals surface area contributed by atoms with E-state index >= 15 is 0 Å². The third-order valence-corrected chi connectivity index (χ3v) is 5.70. The highest BCUT2D eigenvalue weighted by molar-refractivity contribution is 5.84. The van der Waals surface area contributed by atoms with Crippen LogP contribution in [0.15, 0.2) is 67.3 Å². The molecule has 2 aromatic carbocycles. The molecule has 0 bridgehead atoms. The van der Waals surface area contributed by atoms with Gasteiger partial charge in [0.2, 0.25) is 0 Å². The summed E-state index contributed by atoms with van der Waals surface area (Å²) in [6.45, 7) is 1.53. The Bertz CT molecular complexity index is 1370. The standard InChI is InChI=1S/C24H22N6O2/c1-2-17-14-26-29-21(17)13-16(1)22-15-30-10-9-25-24(30)23(28-22)27-18-3-5-19(6-4-18)32-20-7-11-31-12-8-20/h1-6,9-10,13-15,20H,7-8,11-12H2,(H,26,29)(H,27,28). The van der Waals surface area contributed by atoms with Gasteiger partial charge in [-0.05, 0) is 30.3 Å². The van der Waals surface area contributed by atoms with Crippen molar-refractivity contribution in [1.29, 1.82) is 0 Å². The normalized spacial score (nSPS) is 14.8. The van der Waals surface area contributed by atoms with Crippen LogP contribution in [0.4, 0.5) is 11.5 Å². The highest BCUT2D eigenvalue weighted by Crippen LogP contribution is 2.27. The molecule has 0 spiro atoms. The lowest BCUT2D eigenvalue weighted by atomic mass is 10.1. The SMILES string of the molecule is c1cn2cc(-c3ccc4cn[nH]c4c3)nc(Nc3ccc(OC4CCOCC4)cc3)c2n1. The first kappa shape index (κ1) is 18.8. The van der Waals surface area contributed by atoms with Crippen LogP contribution in [0.5, 0.6) is 5.75 Å². The molecular weight excluding hydrogens is 404 g/mol. The zero-order valence-corrected chi connectivity index (χ0v) is 17.4. The van der Waals surface area contributed by atoms with Gasteiger partial charge in [0.05, 0.1) is 30.6 Å². The zero-order valence-electron chi connectivity index (χ0n) is 17.4. The molecule has 1 saturated heterocycles. The molecule has 160 valence electrons. The van der Waals surface area contributed by atoms with E-state index < -0.39 is 0 Å². The maximum Gasteiger partial charge on any atom is 0.180 e. The highest BCUT2D eigenvalue weighted by atomic mass is 16.5. The van der Waals surface area contributed by atoms with Gasteiger partial charge in [-0.15, -0.1) is 0 Å². The van der Waals surface area contributed by atoms with Crippen LogP contribution in [-0.2, 0) is 4.74 Å². The van der Waals surface area contributed by atoms with Gasteiger partial charge in [0.1, 0.15) is 11.9 Å². The van der Waals surface area contributed by atoms with E-state index in [1.165, 1.54) is 0 Å². The summed E-state index contributed by atoms with van der Waals surface area (Å²) in [5.74, 6) is 1.55. The Kier molecular flexibility index (Phi) is 4.69. The van der Waals surface area contributed by atoms with Gasteiger partial charge in [0.25, 0.3) is 0 Å². The molecule has 1 aliphatic heterocycles. The Morgan fingerprint density at radius 1 is 1.09 bits per heavy atom. The van der Waals surface area contributed by atoms with Crippen LogP contribution >= 0.6 is 0 Å². The smallest absolute Gasteiger partial charge is 0.180 e. The van der Waals surface area contributed by atoms with Gasteiger partial charge < -0.3 is 19.2 Å². The van der Waals surface area contributed by atoms with Crippen molar-refractivity contribution in [3.8, 4) is 17.0 Å². The van der Waals surface area contributed by atoms with Gasteiger partial charge in [-0.3, -0.25) is 5.10 Å². The second-order valence-electron chi connectivity index (χ2n) is 7.88. The Morgan fingerprint density at radius 3 is 2.84 bits per heavy atom. The number of nitrogens with one attached hydrogen (secondary N) is 2. The number of fused-ring (bicyclic) bond motifs is 2. The minimum absolute atomic E-state index is 0.220. The lowest BCUT2D eigenvalue weighted by Gasteiger charge is -2.23. The van der Waals surface area contributed by atoms with E-state index in [4.69, 9.17) is 14.5 Å². The maximum absolute atomic E-state index is 6.08. The first-order chi connectivity index (χ1) is 15.8. The molecule has 1 aliphatic rings. The fraction of sp³-hybridized carbons (Fsp3) is 0.208. The third-order valence-electron chi connectivity index (χ3n) is 5.70.